The van der Waals surface area contributed by atoms with E-state index < -0.39 is 10.0 Å². The maximum Gasteiger partial charge on any atom is 0.234 e. The van der Waals surface area contributed by atoms with Crippen molar-refractivity contribution in [3.8, 4) is 11.8 Å². The Hall–Kier alpha value is -2.55. The molecule has 0 aromatic heterocycles. The van der Waals surface area contributed by atoms with E-state index >= 15 is 0 Å². The first-order chi connectivity index (χ1) is 11.9. The smallest absolute Gasteiger partial charge is 0.234 e. The van der Waals surface area contributed by atoms with E-state index in [2.05, 4.69) is 16.6 Å². The molecule has 1 N–H and O–H groups in total. The molecule has 5 heteroatoms. The number of aryl methyl sites for hydroxylation is 1. The highest BCUT2D eigenvalue weighted by atomic mass is 32.2. The number of sulfonamides is 1. The largest absolute Gasteiger partial charge is 0.378 e. The number of hydrogen-bond donors (Lipinski definition) is 1. The summed E-state index contributed by atoms with van der Waals surface area (Å²) in [5, 5.41) is 1.16. The lowest BCUT2D eigenvalue weighted by molar-refractivity contribution is 0.595. The second kappa shape index (κ2) is 8.52. The topological polar surface area (TPSA) is 49.4 Å². The minimum Gasteiger partial charge on any atom is -0.378 e. The maximum absolute atomic E-state index is 11.9. The predicted molar refractivity (Wildman–Crippen MR) is 105 cm³/mol. The fourth-order valence-electron chi connectivity index (χ4n) is 2.02. The van der Waals surface area contributed by atoms with Crippen molar-refractivity contribution < 1.29 is 8.42 Å². The summed E-state index contributed by atoms with van der Waals surface area (Å²) in [5.74, 6) is 5.77. The Morgan fingerprint density at radius 2 is 1.68 bits per heavy atom. The summed E-state index contributed by atoms with van der Waals surface area (Å²) in [7, 11) is 0.442. The predicted octanol–water partition coefficient (Wildman–Crippen LogP) is 3.00. The molecule has 0 atom stereocenters. The lowest BCUT2D eigenvalue weighted by Gasteiger charge is -2.11. The fraction of sp³-hybridized carbons (Fsp3) is 0.200. The molecule has 0 bridgehead atoms. The number of rotatable bonds is 5. The first-order valence-corrected chi connectivity index (χ1v) is 9.41. The second-order valence-electron chi connectivity index (χ2n) is 5.82. The average molecular weight is 354 g/mol. The van der Waals surface area contributed by atoms with Crippen LogP contribution >= 0.6 is 0 Å². The molecule has 0 heterocycles. The van der Waals surface area contributed by atoms with Gasteiger partial charge in [0.25, 0.3) is 0 Å². The minimum absolute atomic E-state index is 0.0655. The van der Waals surface area contributed by atoms with Gasteiger partial charge in [0.15, 0.2) is 0 Å². The highest BCUT2D eigenvalue weighted by molar-refractivity contribution is 7.92. The molecule has 0 aliphatic carbocycles. The number of nitrogens with one attached hydrogen (secondary N) is 1. The van der Waals surface area contributed by atoms with Gasteiger partial charge in [-0.1, -0.05) is 41.7 Å². The van der Waals surface area contributed by atoms with E-state index in [1.807, 2.05) is 74.4 Å². The molecular weight excluding hydrogens is 332 g/mol. The molecule has 4 nitrogen and oxygen atoms in total. The maximum atomic E-state index is 11.9. The third-order valence-electron chi connectivity index (χ3n) is 3.50. The zero-order valence-electron chi connectivity index (χ0n) is 14.7. The lowest BCUT2D eigenvalue weighted by atomic mass is 10.2. The third kappa shape index (κ3) is 6.46. The summed E-state index contributed by atoms with van der Waals surface area (Å²) in [6.45, 7) is 2.05. The zero-order chi connectivity index (χ0) is 18.3. The zero-order valence-corrected chi connectivity index (χ0v) is 15.5. The summed E-state index contributed by atoms with van der Waals surface area (Å²) >= 11 is 0. The van der Waals surface area contributed by atoms with E-state index in [1.165, 1.54) is 0 Å². The van der Waals surface area contributed by atoms with Gasteiger partial charge in [0.1, 0.15) is 0 Å². The van der Waals surface area contributed by atoms with Crippen molar-refractivity contribution in [2.45, 2.75) is 6.92 Å². The summed E-state index contributed by atoms with van der Waals surface area (Å²) in [6.07, 6.45) is 1.56. The molecule has 0 unspecified atom stereocenters. The Kier molecular flexibility index (Phi) is 6.40. The average Bonchev–Trinajstić information content (AvgIpc) is 2.59. The first kappa shape index (κ1) is 18.8. The molecule has 0 fully saturated rings. The van der Waals surface area contributed by atoms with E-state index in [4.69, 9.17) is 0 Å². The molecule has 130 valence electrons. The molecule has 0 amide bonds. The van der Waals surface area contributed by atoms with Crippen molar-refractivity contribution in [2.24, 2.45) is 0 Å². The highest BCUT2D eigenvalue weighted by Gasteiger charge is 2.02. The number of hydrogen-bond acceptors (Lipinski definition) is 3. The van der Waals surface area contributed by atoms with Crippen LogP contribution < -0.4 is 9.62 Å². The molecule has 25 heavy (non-hydrogen) atoms. The molecule has 0 radical (unpaired) electrons. The van der Waals surface area contributed by atoms with E-state index in [9.17, 15) is 8.42 Å². The van der Waals surface area contributed by atoms with Crippen LogP contribution in [0.3, 0.4) is 0 Å². The molecule has 2 rings (SSSR count). The molecule has 0 saturated heterocycles. The van der Waals surface area contributed by atoms with Crippen molar-refractivity contribution in [2.75, 3.05) is 25.5 Å². The van der Waals surface area contributed by atoms with E-state index in [0.717, 1.165) is 27.8 Å². The van der Waals surface area contributed by atoms with Crippen molar-refractivity contribution >= 4 is 21.8 Å². The third-order valence-corrected chi connectivity index (χ3v) is 4.54. The van der Waals surface area contributed by atoms with Crippen LogP contribution in [-0.4, -0.2) is 29.1 Å². The number of nitrogens with zero attached hydrogens (tertiary/aromatic N) is 1. The van der Waals surface area contributed by atoms with Crippen molar-refractivity contribution in [1.82, 2.24) is 4.72 Å². The minimum atomic E-state index is -3.50. The van der Waals surface area contributed by atoms with Crippen LogP contribution in [0.1, 0.15) is 16.7 Å². The highest BCUT2D eigenvalue weighted by Crippen LogP contribution is 2.11. The monoisotopic (exact) mass is 354 g/mol. The Balaban J connectivity index is 1.91. The van der Waals surface area contributed by atoms with Crippen LogP contribution in [0.4, 0.5) is 5.69 Å². The fourth-order valence-corrected chi connectivity index (χ4v) is 2.73. The van der Waals surface area contributed by atoms with Crippen LogP contribution in [0.2, 0.25) is 0 Å². The molecular formula is C20H22N2O2S. The first-order valence-electron chi connectivity index (χ1n) is 7.86. The number of anilines is 1. The van der Waals surface area contributed by atoms with Gasteiger partial charge in [-0.3, -0.25) is 0 Å². The van der Waals surface area contributed by atoms with Gasteiger partial charge in [-0.05, 0) is 42.8 Å². The summed E-state index contributed by atoms with van der Waals surface area (Å²) < 4.78 is 26.3. The molecule has 0 spiro atoms. The van der Waals surface area contributed by atoms with Crippen molar-refractivity contribution in [1.29, 1.82) is 0 Å². The van der Waals surface area contributed by atoms with Gasteiger partial charge in [0, 0.05) is 30.8 Å². The normalized spacial score (nSPS) is 11.2. The van der Waals surface area contributed by atoms with Crippen LogP contribution in [-0.2, 0) is 10.0 Å². The Bertz CT molecular complexity index is 885. The van der Waals surface area contributed by atoms with E-state index in [1.54, 1.807) is 6.08 Å². The standard InChI is InChI=1S/C20H22N2O2S/c1-17-6-8-19(9-7-17)14-16-25(23,24)21-15-4-5-18-10-12-20(13-11-18)22(2)3/h6-14,16,21H,15H2,1-3H3/b16-14+. The van der Waals surface area contributed by atoms with Crippen LogP contribution in [0, 0.1) is 18.8 Å². The molecule has 2 aromatic carbocycles. The Labute approximate surface area is 150 Å². The van der Waals surface area contributed by atoms with Crippen LogP contribution in [0.25, 0.3) is 6.08 Å². The Morgan fingerprint density at radius 1 is 1.04 bits per heavy atom. The Morgan fingerprint density at radius 3 is 2.28 bits per heavy atom. The van der Waals surface area contributed by atoms with Crippen molar-refractivity contribution in [3.63, 3.8) is 0 Å². The van der Waals surface area contributed by atoms with Gasteiger partial charge in [-0.25, -0.2) is 8.42 Å². The van der Waals surface area contributed by atoms with Crippen LogP contribution in [0.5, 0.6) is 0 Å². The summed E-state index contributed by atoms with van der Waals surface area (Å²) in [4.78, 5) is 2.01. The van der Waals surface area contributed by atoms with Gasteiger partial charge in [0.05, 0.1) is 6.54 Å². The molecule has 0 aliphatic heterocycles. The van der Waals surface area contributed by atoms with Crippen LogP contribution in [0.15, 0.2) is 53.9 Å². The quantitative estimate of drug-likeness (QED) is 0.840. The van der Waals surface area contributed by atoms with E-state index in [-0.39, 0.29) is 6.54 Å². The van der Waals surface area contributed by atoms with Gasteiger partial charge in [0.2, 0.25) is 10.0 Å². The van der Waals surface area contributed by atoms with Crippen molar-refractivity contribution in [3.05, 3.63) is 70.6 Å². The molecule has 0 saturated carbocycles. The van der Waals surface area contributed by atoms with E-state index in [0.29, 0.717) is 0 Å². The molecule has 0 aliphatic rings. The number of benzene rings is 2. The van der Waals surface area contributed by atoms with Gasteiger partial charge >= 0.3 is 0 Å². The lowest BCUT2D eigenvalue weighted by Crippen LogP contribution is -2.21. The van der Waals surface area contributed by atoms with Gasteiger partial charge in [-0.2, -0.15) is 4.72 Å². The summed E-state index contributed by atoms with van der Waals surface area (Å²) in [5.41, 5.74) is 3.91. The van der Waals surface area contributed by atoms with Gasteiger partial charge < -0.3 is 4.90 Å². The summed E-state index contributed by atoms with van der Waals surface area (Å²) in [6, 6.07) is 15.4. The molecule has 2 aromatic rings. The SMILES string of the molecule is Cc1ccc(/C=C/S(=O)(=O)NCC#Cc2ccc(N(C)C)cc2)cc1. The van der Waals surface area contributed by atoms with Gasteiger partial charge in [-0.15, -0.1) is 0 Å². The second-order valence-corrected chi connectivity index (χ2v) is 7.47.